The van der Waals surface area contributed by atoms with Gasteiger partial charge in [-0.15, -0.1) is 0 Å². The van der Waals surface area contributed by atoms with E-state index in [0.717, 1.165) is 28.0 Å². The van der Waals surface area contributed by atoms with Crippen molar-refractivity contribution in [3.8, 4) is 22.9 Å². The van der Waals surface area contributed by atoms with Gasteiger partial charge in [-0.05, 0) is 24.5 Å². The first kappa shape index (κ1) is 17.3. The lowest BCUT2D eigenvalue weighted by Crippen LogP contribution is -2.32. The predicted molar refractivity (Wildman–Crippen MR) is 107 cm³/mol. The highest BCUT2D eigenvalue weighted by molar-refractivity contribution is 9.10. The molecule has 0 spiro atoms. The number of imidazole rings is 1. The highest BCUT2D eigenvalue weighted by Gasteiger charge is 2.32. The summed E-state index contributed by atoms with van der Waals surface area (Å²) < 4.78 is 4.60. The maximum atomic E-state index is 13.0. The molecule has 1 aromatic carbocycles. The van der Waals surface area contributed by atoms with Crippen molar-refractivity contribution in [2.45, 2.75) is 46.3 Å². The zero-order valence-corrected chi connectivity index (χ0v) is 16.7. The molecule has 0 aliphatic carbocycles. The predicted octanol–water partition coefficient (Wildman–Crippen LogP) is 3.83. The Balaban J connectivity index is 1.92. The number of anilines is 1. The number of halogens is 1. The molecule has 3 aliphatic rings. The van der Waals surface area contributed by atoms with Crippen LogP contribution in [0.15, 0.2) is 33.5 Å². The van der Waals surface area contributed by atoms with E-state index in [9.17, 15) is 4.79 Å². The molecule has 7 heteroatoms. The number of hydrogen-bond donors (Lipinski definition) is 1. The molecule has 0 amide bonds. The molecule has 3 aliphatic heterocycles. The third kappa shape index (κ3) is 2.74. The normalized spacial score (nSPS) is 16.3. The van der Waals surface area contributed by atoms with E-state index in [0.29, 0.717) is 30.7 Å². The molecule has 0 radical (unpaired) electrons. The molecule has 136 valence electrons. The minimum atomic E-state index is -0.00717. The van der Waals surface area contributed by atoms with Gasteiger partial charge in [0.15, 0.2) is 11.6 Å². The fourth-order valence-electron chi connectivity index (χ4n) is 3.41. The van der Waals surface area contributed by atoms with Gasteiger partial charge in [-0.2, -0.15) is 0 Å². The molecular weight excluding hydrogens is 394 g/mol. The Labute approximate surface area is 160 Å². The molecule has 6 nitrogen and oxygen atoms in total. The molecule has 1 aromatic rings. The van der Waals surface area contributed by atoms with Crippen molar-refractivity contribution >= 4 is 21.7 Å². The van der Waals surface area contributed by atoms with Gasteiger partial charge in [-0.3, -0.25) is 9.13 Å². The highest BCUT2D eigenvalue weighted by atomic mass is 79.9. The van der Waals surface area contributed by atoms with Crippen LogP contribution < -0.4 is 11.0 Å². The molecule has 4 rings (SSSR count). The summed E-state index contributed by atoms with van der Waals surface area (Å²) in [4.78, 5) is 22.6. The highest BCUT2D eigenvalue weighted by Crippen LogP contribution is 2.34. The number of nitrogens with zero attached hydrogens (tertiary/aromatic N) is 4. The van der Waals surface area contributed by atoms with Crippen molar-refractivity contribution in [3.63, 3.8) is 0 Å². The number of aromatic nitrogens is 4. The Bertz CT molecular complexity index is 973. The van der Waals surface area contributed by atoms with Crippen LogP contribution in [0.1, 0.15) is 27.2 Å². The lowest BCUT2D eigenvalue weighted by molar-refractivity contribution is 0.481. The maximum absolute atomic E-state index is 13.0. The summed E-state index contributed by atoms with van der Waals surface area (Å²) in [6.45, 7) is 7.70. The third-order valence-corrected chi connectivity index (χ3v) is 5.44. The summed E-state index contributed by atoms with van der Waals surface area (Å²) in [6, 6.07) is 8.15. The average Bonchev–Trinajstić information content (AvgIpc) is 3.24. The standard InChI is InChI=1S/C19H22BrN5O/c1-4-9-24-18-15(17-21-14(11(2)3)10-25(17)19(24)26)22-16(23-18)12-5-7-13(20)8-6-12/h5-8,11,14,21H,4,9-10H2,1-3H3/t14-/m1/s1. The lowest BCUT2D eigenvalue weighted by atomic mass is 10.1. The Morgan fingerprint density at radius 3 is 2.65 bits per heavy atom. The zero-order valence-electron chi connectivity index (χ0n) is 15.2. The molecule has 26 heavy (non-hydrogen) atoms. The van der Waals surface area contributed by atoms with Crippen molar-refractivity contribution in [3.05, 3.63) is 39.2 Å². The van der Waals surface area contributed by atoms with Gasteiger partial charge in [0.05, 0.1) is 0 Å². The summed E-state index contributed by atoms with van der Waals surface area (Å²) >= 11 is 3.46. The first-order valence-electron chi connectivity index (χ1n) is 9.03. The molecule has 3 heterocycles. The molecule has 0 bridgehead atoms. The van der Waals surface area contributed by atoms with Crippen LogP contribution in [0.25, 0.3) is 22.9 Å². The molecular formula is C19H22BrN5O. The lowest BCUT2D eigenvalue weighted by Gasteiger charge is -2.14. The van der Waals surface area contributed by atoms with E-state index in [2.05, 4.69) is 42.0 Å². The van der Waals surface area contributed by atoms with E-state index in [1.807, 2.05) is 28.8 Å². The molecule has 1 atom stereocenters. The van der Waals surface area contributed by atoms with Crippen LogP contribution in [0.5, 0.6) is 0 Å². The maximum Gasteiger partial charge on any atom is 0.331 e. The summed E-state index contributed by atoms with van der Waals surface area (Å²) in [5.41, 5.74) is 1.71. The second-order valence-corrected chi connectivity index (χ2v) is 8.03. The van der Waals surface area contributed by atoms with Crippen molar-refractivity contribution < 1.29 is 0 Å². The van der Waals surface area contributed by atoms with E-state index in [1.54, 1.807) is 4.57 Å². The van der Waals surface area contributed by atoms with Crippen LogP contribution in [0.4, 0.5) is 5.82 Å². The van der Waals surface area contributed by atoms with Crippen LogP contribution in [0.2, 0.25) is 0 Å². The second kappa shape index (κ2) is 6.54. The summed E-state index contributed by atoms with van der Waals surface area (Å²) in [6.07, 6.45) is 0.871. The van der Waals surface area contributed by atoms with Crippen LogP contribution in [0.3, 0.4) is 0 Å². The van der Waals surface area contributed by atoms with Crippen molar-refractivity contribution in [2.75, 3.05) is 5.32 Å². The summed E-state index contributed by atoms with van der Waals surface area (Å²) in [7, 11) is 0. The third-order valence-electron chi connectivity index (χ3n) is 4.91. The Kier molecular flexibility index (Phi) is 4.34. The summed E-state index contributed by atoms with van der Waals surface area (Å²) in [5, 5.41) is 3.50. The first-order chi connectivity index (χ1) is 12.5. The van der Waals surface area contributed by atoms with Crippen molar-refractivity contribution in [1.29, 1.82) is 0 Å². The Morgan fingerprint density at radius 1 is 1.27 bits per heavy atom. The molecule has 0 aromatic heterocycles. The van der Waals surface area contributed by atoms with Gasteiger partial charge >= 0.3 is 5.69 Å². The number of rotatable bonds is 4. The molecule has 0 unspecified atom stereocenters. The number of nitrogens with one attached hydrogen (secondary N) is 1. The van der Waals surface area contributed by atoms with Gasteiger partial charge < -0.3 is 5.32 Å². The van der Waals surface area contributed by atoms with Gasteiger partial charge in [0.2, 0.25) is 0 Å². The van der Waals surface area contributed by atoms with E-state index in [1.165, 1.54) is 0 Å². The first-order valence-corrected chi connectivity index (χ1v) is 9.82. The minimum Gasteiger partial charge on any atom is -0.365 e. The minimum absolute atomic E-state index is 0.00717. The number of fused-ring (bicyclic) bond motifs is 3. The van der Waals surface area contributed by atoms with E-state index >= 15 is 0 Å². The van der Waals surface area contributed by atoms with Crippen LogP contribution in [-0.4, -0.2) is 25.1 Å². The van der Waals surface area contributed by atoms with Crippen LogP contribution >= 0.6 is 15.9 Å². The van der Waals surface area contributed by atoms with E-state index in [4.69, 9.17) is 9.97 Å². The van der Waals surface area contributed by atoms with Crippen molar-refractivity contribution in [2.24, 2.45) is 5.92 Å². The van der Waals surface area contributed by atoms with Gasteiger partial charge in [0.25, 0.3) is 0 Å². The van der Waals surface area contributed by atoms with Gasteiger partial charge in [-0.1, -0.05) is 48.8 Å². The Morgan fingerprint density at radius 2 is 2.00 bits per heavy atom. The fraction of sp³-hybridized carbons (Fsp3) is 0.421. The molecule has 0 saturated heterocycles. The number of hydrogen-bond acceptors (Lipinski definition) is 4. The van der Waals surface area contributed by atoms with E-state index in [-0.39, 0.29) is 11.7 Å². The van der Waals surface area contributed by atoms with E-state index < -0.39 is 0 Å². The Hall–Kier alpha value is -2.15. The second-order valence-electron chi connectivity index (χ2n) is 7.11. The SMILES string of the molecule is CCCn1c2nc(-c3ccc(Br)cc3)nc-2c2n(c1=O)C[C@H](C(C)C)N2. The molecule has 0 saturated carbocycles. The van der Waals surface area contributed by atoms with Crippen LogP contribution in [0, 0.1) is 5.92 Å². The largest absolute Gasteiger partial charge is 0.365 e. The molecule has 1 N–H and O–H groups in total. The van der Waals surface area contributed by atoms with Gasteiger partial charge in [-0.25, -0.2) is 14.8 Å². The van der Waals surface area contributed by atoms with Gasteiger partial charge in [0, 0.05) is 29.2 Å². The smallest absolute Gasteiger partial charge is 0.331 e. The molecule has 0 fully saturated rings. The monoisotopic (exact) mass is 415 g/mol. The fourth-order valence-corrected chi connectivity index (χ4v) is 3.67. The topological polar surface area (TPSA) is 64.7 Å². The summed E-state index contributed by atoms with van der Waals surface area (Å²) in [5.74, 6) is 2.54. The zero-order chi connectivity index (χ0) is 18.4. The quantitative estimate of drug-likeness (QED) is 0.702. The average molecular weight is 416 g/mol. The number of benzene rings is 1. The van der Waals surface area contributed by atoms with Gasteiger partial charge in [0.1, 0.15) is 11.5 Å². The van der Waals surface area contributed by atoms with Crippen LogP contribution in [-0.2, 0) is 13.1 Å². The van der Waals surface area contributed by atoms with Crippen molar-refractivity contribution in [1.82, 2.24) is 19.1 Å².